The molecule has 14 nitrogen and oxygen atoms in total. The molecule has 1 atom stereocenters. The average molecular weight is 926 g/mol. The summed E-state index contributed by atoms with van der Waals surface area (Å²) in [6, 6.07) is 37.3. The van der Waals surface area contributed by atoms with E-state index in [2.05, 4.69) is 57.9 Å². The van der Waals surface area contributed by atoms with Crippen molar-refractivity contribution in [3.63, 3.8) is 0 Å². The highest BCUT2D eigenvalue weighted by Gasteiger charge is 2.25. The summed E-state index contributed by atoms with van der Waals surface area (Å²) < 4.78 is 26.8. The Bertz CT molecular complexity index is 2900. The first kappa shape index (κ1) is 45.7. The number of aromatic nitrogens is 8. The van der Waals surface area contributed by atoms with Crippen LogP contribution in [-0.4, -0.2) is 71.5 Å². The lowest BCUT2D eigenvalue weighted by atomic mass is 9.98. The van der Waals surface area contributed by atoms with E-state index in [1.54, 1.807) is 23.9 Å². The molecule has 0 fully saturated rings. The number of ether oxygens (including phenoxy) is 4. The normalized spacial score (nSPS) is 11.8. The zero-order valence-electron chi connectivity index (χ0n) is 37.1. The number of nitrogens with zero attached hydrogens (tertiary/aromatic N) is 7. The number of hydrogen-bond acceptors (Lipinski definition) is 12. The molecular formula is C50H49ClN8O6S. The molecule has 1 unspecified atom stereocenters. The Hall–Kier alpha value is -6.81. The molecule has 0 spiro atoms. The van der Waals surface area contributed by atoms with Gasteiger partial charge in [-0.1, -0.05) is 91.3 Å². The van der Waals surface area contributed by atoms with Crippen molar-refractivity contribution < 1.29 is 28.5 Å². The number of nitrogens with one attached hydrogen (secondary N) is 1. The number of esters is 2. The first-order chi connectivity index (χ1) is 32.2. The number of thioether (sulfide) groups is 1. The smallest absolute Gasteiger partial charge is 0.356 e. The molecule has 8 aromatic rings. The minimum atomic E-state index is -0.772. The van der Waals surface area contributed by atoms with Crippen LogP contribution in [0.1, 0.15) is 64.8 Å². The van der Waals surface area contributed by atoms with Gasteiger partial charge in [0.25, 0.3) is 0 Å². The second-order valence-electron chi connectivity index (χ2n) is 15.5. The number of tetrazole rings is 1. The summed E-state index contributed by atoms with van der Waals surface area (Å²) >= 11 is 7.61. The molecular weight excluding hydrogens is 876 g/mol. The minimum Gasteiger partial charge on any atom is -0.486 e. The maximum absolute atomic E-state index is 13.7. The van der Waals surface area contributed by atoms with E-state index in [4.69, 9.17) is 40.5 Å². The Labute approximate surface area is 391 Å². The van der Waals surface area contributed by atoms with Crippen molar-refractivity contribution in [2.24, 2.45) is 7.05 Å². The Morgan fingerprint density at radius 2 is 1.58 bits per heavy atom. The minimum absolute atomic E-state index is 0.248. The summed E-state index contributed by atoms with van der Waals surface area (Å²) in [7, 11) is 3.33. The number of carbonyl (C=O) groups excluding carboxylic acids is 2. The highest BCUT2D eigenvalue weighted by molar-refractivity contribution is 7.98. The fourth-order valence-electron chi connectivity index (χ4n) is 7.65. The highest BCUT2D eigenvalue weighted by atomic mass is 35.5. The van der Waals surface area contributed by atoms with Crippen LogP contribution in [-0.2, 0) is 64.4 Å². The van der Waals surface area contributed by atoms with Gasteiger partial charge in [0.2, 0.25) is 0 Å². The number of aryl methyl sites for hydroxylation is 2. The van der Waals surface area contributed by atoms with E-state index in [1.165, 1.54) is 7.11 Å². The maximum atomic E-state index is 13.7. The zero-order valence-corrected chi connectivity index (χ0v) is 38.6. The van der Waals surface area contributed by atoms with Crippen LogP contribution in [0.2, 0.25) is 5.02 Å². The number of H-pyrrole nitrogens is 1. The Balaban J connectivity index is 0.934. The molecule has 0 aliphatic heterocycles. The second-order valence-corrected chi connectivity index (χ2v) is 17.0. The third-order valence-electron chi connectivity index (χ3n) is 11.1. The van der Waals surface area contributed by atoms with Gasteiger partial charge in [0, 0.05) is 47.7 Å². The lowest BCUT2D eigenvalue weighted by Gasteiger charge is -2.16. The maximum Gasteiger partial charge on any atom is 0.356 e. The molecule has 1 N–H and O–H groups in total. The molecule has 0 bridgehead atoms. The number of benzene rings is 5. The molecule has 0 saturated carbocycles. The summed E-state index contributed by atoms with van der Waals surface area (Å²) in [5.74, 6) is 2.50. The van der Waals surface area contributed by atoms with E-state index in [9.17, 15) is 9.59 Å². The van der Waals surface area contributed by atoms with Crippen LogP contribution >= 0.6 is 23.4 Å². The van der Waals surface area contributed by atoms with Gasteiger partial charge < -0.3 is 28.1 Å². The van der Waals surface area contributed by atoms with Gasteiger partial charge in [-0.05, 0) is 94.1 Å². The summed E-state index contributed by atoms with van der Waals surface area (Å²) in [6.45, 7) is 5.13. The molecule has 0 aliphatic carbocycles. The fourth-order valence-corrected chi connectivity index (χ4v) is 8.64. The van der Waals surface area contributed by atoms with Crippen LogP contribution in [0.3, 0.4) is 0 Å². The molecule has 338 valence electrons. The predicted molar refractivity (Wildman–Crippen MR) is 253 cm³/mol. The molecule has 3 heterocycles. The number of carbonyl (C=O) groups is 2. The van der Waals surface area contributed by atoms with Gasteiger partial charge in [-0.2, -0.15) is 0 Å². The van der Waals surface area contributed by atoms with Crippen molar-refractivity contribution >= 4 is 46.3 Å². The van der Waals surface area contributed by atoms with Gasteiger partial charge in [0.1, 0.15) is 24.0 Å². The number of hydrogen-bond donors (Lipinski definition) is 1. The zero-order chi connectivity index (χ0) is 46.0. The number of aromatic amines is 1. The molecule has 0 radical (unpaired) electrons. The summed E-state index contributed by atoms with van der Waals surface area (Å²) in [4.78, 5) is 37.2. The van der Waals surface area contributed by atoms with Gasteiger partial charge in [-0.3, -0.25) is 0 Å². The van der Waals surface area contributed by atoms with E-state index in [0.717, 1.165) is 67.4 Å². The largest absolute Gasteiger partial charge is 0.486 e. The Morgan fingerprint density at radius 1 is 0.833 bits per heavy atom. The van der Waals surface area contributed by atoms with E-state index < -0.39 is 12.1 Å². The Morgan fingerprint density at radius 3 is 2.29 bits per heavy atom. The number of methoxy groups -OCH3 is 1. The van der Waals surface area contributed by atoms with Crippen molar-refractivity contribution in [3.05, 3.63) is 160 Å². The first-order valence-corrected chi connectivity index (χ1v) is 23.0. The first-order valence-electron chi connectivity index (χ1n) is 21.6. The molecule has 0 amide bonds. The fraction of sp³-hybridized carbons (Fsp3) is 0.260. The van der Waals surface area contributed by atoms with E-state index >= 15 is 0 Å². The SMILES string of the molecule is CCCc1nc(CSc2ccc3nc(COc4ccc(CC(OCc5ccc(Cl)cc5)C(=O)OC)cc4)n(C)c3c2)c(C(=O)OCC)n1Cc1ccc(-c2ccccc2-c2nnn[nH]2)cc1. The van der Waals surface area contributed by atoms with E-state index in [1.807, 2.05) is 95.9 Å². The molecule has 5 aromatic carbocycles. The lowest BCUT2D eigenvalue weighted by molar-refractivity contribution is -0.154. The van der Waals surface area contributed by atoms with E-state index in [0.29, 0.717) is 53.1 Å². The lowest BCUT2D eigenvalue weighted by Crippen LogP contribution is -2.28. The van der Waals surface area contributed by atoms with Crippen LogP contribution in [0, 0.1) is 0 Å². The second kappa shape index (κ2) is 21.5. The number of rotatable bonds is 20. The quantitative estimate of drug-likeness (QED) is 0.0570. The topological polar surface area (TPSA) is 161 Å². The van der Waals surface area contributed by atoms with Gasteiger partial charge in [-0.15, -0.1) is 16.9 Å². The summed E-state index contributed by atoms with van der Waals surface area (Å²) in [5.41, 5.74) is 8.70. The van der Waals surface area contributed by atoms with Crippen LogP contribution < -0.4 is 4.74 Å². The van der Waals surface area contributed by atoms with Crippen molar-refractivity contribution in [2.75, 3.05) is 13.7 Å². The summed E-state index contributed by atoms with van der Waals surface area (Å²) in [6.07, 6.45) is 1.15. The van der Waals surface area contributed by atoms with Crippen LogP contribution in [0.25, 0.3) is 33.5 Å². The molecule has 3 aromatic heterocycles. The van der Waals surface area contributed by atoms with Crippen molar-refractivity contribution in [1.29, 1.82) is 0 Å². The van der Waals surface area contributed by atoms with Crippen LogP contribution in [0.4, 0.5) is 0 Å². The average Bonchev–Trinajstić information content (AvgIpc) is 4.08. The van der Waals surface area contributed by atoms with Crippen LogP contribution in [0.5, 0.6) is 5.75 Å². The van der Waals surface area contributed by atoms with Crippen molar-refractivity contribution in [1.82, 2.24) is 39.7 Å². The number of fused-ring (bicyclic) bond motifs is 1. The van der Waals surface area contributed by atoms with E-state index in [-0.39, 0.29) is 25.8 Å². The molecule has 0 aliphatic rings. The number of imidazole rings is 2. The van der Waals surface area contributed by atoms with Crippen LogP contribution in [0.15, 0.2) is 120 Å². The number of halogens is 1. The summed E-state index contributed by atoms with van der Waals surface area (Å²) in [5, 5.41) is 15.1. The molecule has 0 saturated heterocycles. The van der Waals surface area contributed by atoms with Gasteiger partial charge in [0.05, 0.1) is 37.1 Å². The van der Waals surface area contributed by atoms with Gasteiger partial charge >= 0.3 is 11.9 Å². The predicted octanol–water partition coefficient (Wildman–Crippen LogP) is 9.62. The molecule has 16 heteroatoms. The van der Waals surface area contributed by atoms with Crippen molar-refractivity contribution in [2.45, 2.75) is 69.6 Å². The Kier molecular flexibility index (Phi) is 14.9. The molecule has 8 rings (SSSR count). The third kappa shape index (κ3) is 10.8. The van der Waals surface area contributed by atoms with Crippen molar-refractivity contribution in [3.8, 4) is 28.3 Å². The van der Waals surface area contributed by atoms with Gasteiger partial charge in [0.15, 0.2) is 17.6 Å². The monoisotopic (exact) mass is 924 g/mol. The standard InChI is InChI=1S/C50H49ClN8O6S/c1-5-9-45-53-42(47(50(61)63-6-2)59(45)28-33-12-18-35(19-13-33)39-10-7-8-11-40(39)48-54-56-57-55-48)31-66-38-24-25-41-43(27-38)58(3)46(52-41)30-64-37-22-16-32(17-23-37)26-44(49(60)62-4)65-29-34-14-20-36(51)21-15-34/h7-8,10-25,27,44H,5-6,9,26,28-31H2,1-4H3,(H,54,55,56,57). The highest BCUT2D eigenvalue weighted by Crippen LogP contribution is 2.32. The van der Waals surface area contributed by atoms with Gasteiger partial charge in [-0.25, -0.2) is 24.7 Å². The third-order valence-corrected chi connectivity index (χ3v) is 12.3. The molecule has 66 heavy (non-hydrogen) atoms.